The molecule has 23 atom stereocenters. The number of hydrogen-bond acceptors (Lipinski definition) is 24. The number of aliphatic hydroxyl groups excluding tert-OH is 15. The Morgan fingerprint density at radius 2 is 0.742 bits per heavy atom. The third-order valence-corrected chi connectivity index (χ3v) is 19.5. The van der Waals surface area contributed by atoms with Gasteiger partial charge in [0.1, 0.15) is 110 Å². The Hall–Kier alpha value is -0.990. The van der Waals surface area contributed by atoms with Crippen LogP contribution in [0.25, 0.3) is 0 Å². The van der Waals surface area contributed by atoms with Gasteiger partial charge in [0, 0.05) is 0 Å². The molecule has 3 fully saturated rings. The number of amides is 1. The van der Waals surface area contributed by atoms with Gasteiger partial charge < -0.3 is 101 Å². The molecule has 1 amide bonds. The van der Waals surface area contributed by atoms with Crippen LogP contribution in [0.1, 0.15) is 232 Å². The quantitative estimate of drug-likeness (QED) is 0.0307. The monoisotopic (exact) mass is 1330 g/mol. The summed E-state index contributed by atoms with van der Waals surface area (Å²) in [4.78, 5) is 35.0. The van der Waals surface area contributed by atoms with Crippen LogP contribution in [0.3, 0.4) is 0 Å². The average Bonchev–Trinajstić information content (AvgIpc) is 3.39. The molecule has 2 aliphatic carbocycles. The lowest BCUT2D eigenvalue weighted by Gasteiger charge is -2.47. The first kappa shape index (κ1) is 82.2. The molecule has 0 aromatic rings. The van der Waals surface area contributed by atoms with E-state index in [1.165, 1.54) is 122 Å². The van der Waals surface area contributed by atoms with Gasteiger partial charge in [0.25, 0.3) is 0 Å². The number of ether oxygens (including phenoxy) is 2. The van der Waals surface area contributed by atoms with E-state index in [2.05, 4.69) is 19.2 Å². The van der Waals surface area contributed by atoms with E-state index >= 15 is 0 Å². The number of nitrogens with one attached hydrogen (secondary N) is 1. The molecule has 0 aromatic carbocycles. The number of hydrogen-bond donors (Lipinski definition) is 18. The Labute approximate surface area is 526 Å². The maximum absolute atomic E-state index is 13.8. The van der Waals surface area contributed by atoms with Gasteiger partial charge in [0.05, 0.1) is 25.4 Å². The Morgan fingerprint density at radius 3 is 1.16 bits per heavy atom. The molecule has 1 aliphatic heterocycles. The highest BCUT2D eigenvalue weighted by Gasteiger charge is 2.56. The minimum Gasteiger partial charge on any atom is -0.390 e. The van der Waals surface area contributed by atoms with Crippen molar-refractivity contribution in [3.63, 3.8) is 0 Å². The number of unbranched alkanes of at least 4 members (excludes halogenated alkanes) is 30. The normalized spacial score (nSPS) is 32.0. The highest BCUT2D eigenvalue weighted by molar-refractivity contribution is 7.47. The van der Waals surface area contributed by atoms with Gasteiger partial charge in [0.15, 0.2) is 6.29 Å². The van der Waals surface area contributed by atoms with Crippen LogP contribution in [-0.2, 0) is 41.5 Å². The Kier molecular flexibility index (Phi) is 41.3. The van der Waals surface area contributed by atoms with E-state index in [-0.39, 0.29) is 12.8 Å². The van der Waals surface area contributed by atoms with Gasteiger partial charge in [-0.1, -0.05) is 219 Å². The van der Waals surface area contributed by atoms with Crippen molar-refractivity contribution in [3.05, 3.63) is 0 Å². The van der Waals surface area contributed by atoms with Gasteiger partial charge in [-0.05, 0) is 12.8 Å². The predicted molar refractivity (Wildman–Crippen MR) is 325 cm³/mol. The summed E-state index contributed by atoms with van der Waals surface area (Å²) < 4.78 is 57.7. The van der Waals surface area contributed by atoms with E-state index in [0.29, 0.717) is 19.3 Å². The number of carbonyl (C=O) groups excluding carboxylic acids is 1. The van der Waals surface area contributed by atoms with Crippen molar-refractivity contribution >= 4 is 21.6 Å². The van der Waals surface area contributed by atoms with Gasteiger partial charge in [-0.15, -0.1) is 0 Å². The zero-order valence-electron chi connectivity index (χ0n) is 52.8. The molecule has 0 aromatic heterocycles. The Balaban J connectivity index is 1.61. The van der Waals surface area contributed by atoms with Crippen molar-refractivity contribution in [3.8, 4) is 0 Å². The van der Waals surface area contributed by atoms with Gasteiger partial charge >= 0.3 is 15.6 Å². The largest absolute Gasteiger partial charge is 0.472 e. The number of carbonyl (C=O) groups is 1. The zero-order chi connectivity index (χ0) is 66.1. The van der Waals surface area contributed by atoms with E-state index < -0.39 is 163 Å². The minimum atomic E-state index is -5.68. The maximum atomic E-state index is 13.8. The summed E-state index contributed by atoms with van der Waals surface area (Å²) in [5.41, 5.74) is 0. The summed E-state index contributed by atoms with van der Waals surface area (Å²) in [6.45, 7) is 2.05. The second-order valence-corrected chi connectivity index (χ2v) is 27.9. The second kappa shape index (κ2) is 44.7. The van der Waals surface area contributed by atoms with E-state index in [1.807, 2.05) is 0 Å². The molecule has 89 heavy (non-hydrogen) atoms. The standard InChI is InChI=1S/C60H117NO26P2/c1-3-5-7-9-11-13-15-17-18-19-20-21-22-23-24-26-28-30-32-34-36-41(63)59(77)61-39(43(64)40(62)35-33-31-29-27-25-16-14-12-10-8-6-4-2)37-82-88(78,79)87-58-54(75)50(71)49(70)53(74)57(58)85-60-55(76)45(66)44(65)42(84-60)38-83-89(80,81)86-56-51(72)47(68)46(67)48(69)52(56)73/h39-58,60,62-76H,3-38H2,1-2H3,(H,61,77)(H,78,79)(H,80,81)/t39-,40?,41?,42+,43-,44+,45-,46?,47-,48+,49+,50+,51+,52+,53-,54+,55-,56?,57+,58+,60-/m0/s1. The molecule has 1 heterocycles. The highest BCUT2D eigenvalue weighted by Crippen LogP contribution is 2.49. The Morgan fingerprint density at radius 1 is 0.416 bits per heavy atom. The molecular weight excluding hydrogens is 1210 g/mol. The van der Waals surface area contributed by atoms with Crippen molar-refractivity contribution in [2.45, 2.75) is 360 Å². The second-order valence-electron chi connectivity index (χ2n) is 25.1. The molecule has 18 N–H and O–H groups in total. The molecule has 6 unspecified atom stereocenters. The number of rotatable bonds is 50. The molecule has 3 aliphatic rings. The fraction of sp³-hybridized carbons (Fsp3) is 0.983. The molecule has 29 heteroatoms. The lowest BCUT2D eigenvalue weighted by atomic mass is 9.84. The van der Waals surface area contributed by atoms with E-state index in [1.54, 1.807) is 0 Å². The van der Waals surface area contributed by atoms with Gasteiger partial charge in [-0.3, -0.25) is 22.9 Å². The molecule has 2 saturated carbocycles. The van der Waals surface area contributed by atoms with Crippen LogP contribution in [0.15, 0.2) is 0 Å². The maximum Gasteiger partial charge on any atom is 0.472 e. The summed E-state index contributed by atoms with van der Waals surface area (Å²) in [5.74, 6) is -0.989. The molecule has 0 radical (unpaired) electrons. The zero-order valence-corrected chi connectivity index (χ0v) is 54.5. The van der Waals surface area contributed by atoms with Crippen molar-refractivity contribution < 1.29 is 128 Å². The van der Waals surface area contributed by atoms with Crippen LogP contribution < -0.4 is 5.32 Å². The molecule has 1 saturated heterocycles. The van der Waals surface area contributed by atoms with Crippen LogP contribution in [0, 0.1) is 0 Å². The van der Waals surface area contributed by atoms with E-state index in [4.69, 9.17) is 27.6 Å². The van der Waals surface area contributed by atoms with Gasteiger partial charge in [-0.25, -0.2) is 9.13 Å². The van der Waals surface area contributed by atoms with Crippen molar-refractivity contribution in [1.82, 2.24) is 5.32 Å². The third-order valence-electron chi connectivity index (χ3n) is 17.5. The molecule has 528 valence electrons. The minimum absolute atomic E-state index is 0.0369. The molecular formula is C60H117NO26P2. The number of phosphoric ester groups is 2. The molecule has 0 spiro atoms. The predicted octanol–water partition coefficient (Wildman–Crippen LogP) is 3.33. The molecule has 3 rings (SSSR count). The fourth-order valence-corrected chi connectivity index (χ4v) is 13.6. The van der Waals surface area contributed by atoms with E-state index in [9.17, 15) is 100 Å². The first-order valence-electron chi connectivity index (χ1n) is 33.4. The van der Waals surface area contributed by atoms with Gasteiger partial charge in [-0.2, -0.15) is 0 Å². The first-order chi connectivity index (χ1) is 42.3. The average molecular weight is 1330 g/mol. The summed E-state index contributed by atoms with van der Waals surface area (Å²) in [6, 6.07) is -1.69. The smallest absolute Gasteiger partial charge is 0.390 e. The molecule has 27 nitrogen and oxygen atoms in total. The lowest BCUT2D eigenvalue weighted by Crippen LogP contribution is -2.67. The highest BCUT2D eigenvalue weighted by atomic mass is 31.2. The number of phosphoric acid groups is 2. The summed E-state index contributed by atoms with van der Waals surface area (Å²) in [5, 5.41) is 162. The van der Waals surface area contributed by atoms with Crippen molar-refractivity contribution in [2.75, 3.05) is 13.2 Å². The first-order valence-corrected chi connectivity index (χ1v) is 36.4. The number of aliphatic hydroxyl groups is 15. The van der Waals surface area contributed by atoms with Gasteiger partial charge in [0.2, 0.25) is 5.91 Å². The fourth-order valence-electron chi connectivity index (χ4n) is 11.7. The van der Waals surface area contributed by atoms with E-state index in [0.717, 1.165) is 64.2 Å². The van der Waals surface area contributed by atoms with Crippen molar-refractivity contribution in [2.24, 2.45) is 0 Å². The summed E-state index contributed by atoms with van der Waals surface area (Å²) in [6.07, 6.45) is -7.48. The topological polar surface area (TPSA) is 463 Å². The van der Waals surface area contributed by atoms with Crippen LogP contribution in [0.4, 0.5) is 0 Å². The van der Waals surface area contributed by atoms with Crippen LogP contribution in [-0.4, -0.2) is 234 Å². The Bertz CT molecular complexity index is 1930. The SMILES string of the molecule is CCCCCCCCCCCCCCCCCCCCCCC(O)C(=O)N[C@@H](COP(=O)(O)O[C@@H]1[C@H](O)[C@H](O)[C@@H](O)[C@H](O)[C@H]1O[C@@H]1O[C@H](COP(=O)(O)OC2[C@H](O)[C@H](O)C(O)[C@H](O)[C@H]2O)[C@@H](O)[C@H](O)[C@@H]1O)[C@H](O)C(O)CCCCCCCCCCCCCC. The summed E-state index contributed by atoms with van der Waals surface area (Å²) in [7, 11) is -11.2. The van der Waals surface area contributed by atoms with Crippen molar-refractivity contribution in [1.29, 1.82) is 0 Å². The molecule has 0 bridgehead atoms. The van der Waals surface area contributed by atoms with Crippen LogP contribution in [0.5, 0.6) is 0 Å². The van der Waals surface area contributed by atoms with Crippen LogP contribution in [0.2, 0.25) is 0 Å². The summed E-state index contributed by atoms with van der Waals surface area (Å²) >= 11 is 0. The third kappa shape index (κ3) is 29.9. The lowest BCUT2D eigenvalue weighted by molar-refractivity contribution is -0.337. The van der Waals surface area contributed by atoms with Crippen LogP contribution >= 0.6 is 15.6 Å².